The summed E-state index contributed by atoms with van der Waals surface area (Å²) in [6.07, 6.45) is 1.91. The lowest BCUT2D eigenvalue weighted by atomic mass is 9.97. The summed E-state index contributed by atoms with van der Waals surface area (Å²) in [6, 6.07) is 19.2. The first kappa shape index (κ1) is 17.2. The molecule has 25 heavy (non-hydrogen) atoms. The summed E-state index contributed by atoms with van der Waals surface area (Å²) in [4.78, 5) is 14.4. The third-order valence-corrected chi connectivity index (χ3v) is 4.61. The maximum atomic E-state index is 12.6. The van der Waals surface area contributed by atoms with Gasteiger partial charge in [0.15, 0.2) is 0 Å². The van der Waals surface area contributed by atoms with Crippen LogP contribution in [0.25, 0.3) is 0 Å². The Labute approximate surface area is 148 Å². The SMILES string of the molecule is N#Cc1cccc(C(=O)N2CCC(COCc3ccccc3)CC2)c1. The van der Waals surface area contributed by atoms with Crippen LogP contribution >= 0.6 is 0 Å². The monoisotopic (exact) mass is 334 g/mol. The number of nitriles is 1. The topological polar surface area (TPSA) is 53.3 Å². The van der Waals surface area contributed by atoms with Crippen LogP contribution in [0, 0.1) is 17.2 Å². The number of ether oxygens (including phenoxy) is 1. The highest BCUT2D eigenvalue weighted by molar-refractivity contribution is 5.94. The molecule has 0 bridgehead atoms. The van der Waals surface area contributed by atoms with Crippen molar-refractivity contribution >= 4 is 5.91 Å². The number of hydrogen-bond donors (Lipinski definition) is 0. The minimum atomic E-state index is 0.0146. The highest BCUT2D eigenvalue weighted by Crippen LogP contribution is 2.20. The van der Waals surface area contributed by atoms with Crippen LogP contribution < -0.4 is 0 Å². The van der Waals surface area contributed by atoms with Gasteiger partial charge in [0.1, 0.15) is 0 Å². The summed E-state index contributed by atoms with van der Waals surface area (Å²) in [6.45, 7) is 2.87. The minimum absolute atomic E-state index is 0.0146. The zero-order valence-corrected chi connectivity index (χ0v) is 14.2. The van der Waals surface area contributed by atoms with E-state index in [1.807, 2.05) is 23.1 Å². The molecule has 0 atom stereocenters. The number of carbonyl (C=O) groups excluding carboxylic acids is 1. The van der Waals surface area contributed by atoms with Crippen molar-refractivity contribution in [3.8, 4) is 6.07 Å². The lowest BCUT2D eigenvalue weighted by Crippen LogP contribution is -2.39. The van der Waals surface area contributed by atoms with E-state index in [9.17, 15) is 4.79 Å². The molecule has 1 saturated heterocycles. The van der Waals surface area contributed by atoms with Gasteiger partial charge in [-0.3, -0.25) is 4.79 Å². The lowest BCUT2D eigenvalue weighted by molar-refractivity contribution is 0.0478. The van der Waals surface area contributed by atoms with Crippen LogP contribution in [0.3, 0.4) is 0 Å². The number of carbonyl (C=O) groups is 1. The van der Waals surface area contributed by atoms with Gasteiger partial charge in [0.05, 0.1) is 18.2 Å². The molecule has 4 nitrogen and oxygen atoms in total. The molecule has 1 fully saturated rings. The molecule has 2 aromatic rings. The van der Waals surface area contributed by atoms with Crippen molar-refractivity contribution in [1.29, 1.82) is 5.26 Å². The number of amides is 1. The van der Waals surface area contributed by atoms with Crippen molar-refractivity contribution in [3.05, 3.63) is 71.3 Å². The van der Waals surface area contributed by atoms with Gasteiger partial charge in [-0.1, -0.05) is 36.4 Å². The molecule has 1 aliphatic heterocycles. The van der Waals surface area contributed by atoms with Gasteiger partial charge in [-0.25, -0.2) is 0 Å². The van der Waals surface area contributed by atoms with Crippen molar-refractivity contribution in [3.63, 3.8) is 0 Å². The first-order valence-electron chi connectivity index (χ1n) is 8.67. The van der Waals surface area contributed by atoms with Crippen molar-refractivity contribution < 1.29 is 9.53 Å². The van der Waals surface area contributed by atoms with Crippen LogP contribution in [0.2, 0.25) is 0 Å². The largest absolute Gasteiger partial charge is 0.376 e. The summed E-state index contributed by atoms with van der Waals surface area (Å²) >= 11 is 0. The second-order valence-electron chi connectivity index (χ2n) is 6.43. The van der Waals surface area contributed by atoms with E-state index in [2.05, 4.69) is 18.2 Å². The average molecular weight is 334 g/mol. The van der Waals surface area contributed by atoms with Gasteiger partial charge in [-0.15, -0.1) is 0 Å². The van der Waals surface area contributed by atoms with Crippen molar-refractivity contribution in [1.82, 2.24) is 4.90 Å². The summed E-state index contributed by atoms with van der Waals surface area (Å²) in [5, 5.41) is 8.96. The van der Waals surface area contributed by atoms with Gasteiger partial charge in [0.2, 0.25) is 0 Å². The Morgan fingerprint density at radius 2 is 1.88 bits per heavy atom. The fourth-order valence-electron chi connectivity index (χ4n) is 3.12. The fraction of sp³-hybridized carbons (Fsp3) is 0.333. The molecular weight excluding hydrogens is 312 g/mol. The van der Waals surface area contributed by atoms with Crippen molar-refractivity contribution in [2.75, 3.05) is 19.7 Å². The molecular formula is C21H22N2O2. The zero-order valence-electron chi connectivity index (χ0n) is 14.2. The molecule has 3 rings (SSSR count). The van der Waals surface area contributed by atoms with Gasteiger partial charge < -0.3 is 9.64 Å². The van der Waals surface area contributed by atoms with Crippen molar-refractivity contribution in [2.24, 2.45) is 5.92 Å². The molecule has 0 N–H and O–H groups in total. The first-order valence-corrected chi connectivity index (χ1v) is 8.67. The van der Waals surface area contributed by atoms with Gasteiger partial charge in [-0.05, 0) is 42.5 Å². The van der Waals surface area contributed by atoms with Crippen LogP contribution in [0.1, 0.15) is 34.3 Å². The van der Waals surface area contributed by atoms with E-state index >= 15 is 0 Å². The summed E-state index contributed by atoms with van der Waals surface area (Å²) < 4.78 is 5.83. The van der Waals surface area contributed by atoms with Crippen LogP contribution in [0.4, 0.5) is 0 Å². The molecule has 0 radical (unpaired) electrons. The highest BCUT2D eigenvalue weighted by atomic mass is 16.5. The molecule has 1 amide bonds. The molecule has 4 heteroatoms. The second kappa shape index (κ2) is 8.46. The molecule has 2 aromatic carbocycles. The Balaban J connectivity index is 1.45. The van der Waals surface area contributed by atoms with E-state index in [0.29, 0.717) is 23.7 Å². The maximum Gasteiger partial charge on any atom is 0.253 e. The predicted octanol–water partition coefficient (Wildman–Crippen LogP) is 3.63. The summed E-state index contributed by atoms with van der Waals surface area (Å²) in [7, 11) is 0. The number of hydrogen-bond acceptors (Lipinski definition) is 3. The normalized spacial score (nSPS) is 14.9. The summed E-state index contributed by atoms with van der Waals surface area (Å²) in [5.74, 6) is 0.513. The van der Waals surface area contributed by atoms with E-state index in [1.54, 1.807) is 24.3 Å². The first-order chi connectivity index (χ1) is 12.3. The highest BCUT2D eigenvalue weighted by Gasteiger charge is 2.23. The molecule has 1 aliphatic rings. The molecule has 0 saturated carbocycles. The Kier molecular flexibility index (Phi) is 5.81. The number of benzene rings is 2. The predicted molar refractivity (Wildman–Crippen MR) is 95.9 cm³/mol. The van der Waals surface area contributed by atoms with Crippen molar-refractivity contribution in [2.45, 2.75) is 19.4 Å². The molecule has 0 aliphatic carbocycles. The molecule has 1 heterocycles. The van der Waals surface area contributed by atoms with E-state index in [-0.39, 0.29) is 5.91 Å². The Hall–Kier alpha value is -2.64. The van der Waals surface area contributed by atoms with Crippen LogP contribution in [-0.2, 0) is 11.3 Å². The standard InChI is InChI=1S/C21H22N2O2/c22-14-19-7-4-8-20(13-19)21(24)23-11-9-18(10-12-23)16-25-15-17-5-2-1-3-6-17/h1-8,13,18H,9-12,15-16H2. The van der Waals surface area contributed by atoms with Crippen LogP contribution in [0.15, 0.2) is 54.6 Å². The third kappa shape index (κ3) is 4.68. The van der Waals surface area contributed by atoms with E-state index in [0.717, 1.165) is 32.5 Å². The Bertz CT molecular complexity index is 744. The number of likely N-dealkylation sites (tertiary alicyclic amines) is 1. The lowest BCUT2D eigenvalue weighted by Gasteiger charge is -2.32. The second-order valence-corrected chi connectivity index (χ2v) is 6.43. The van der Waals surface area contributed by atoms with E-state index < -0.39 is 0 Å². The smallest absolute Gasteiger partial charge is 0.253 e. The summed E-state index contributed by atoms with van der Waals surface area (Å²) in [5.41, 5.74) is 2.31. The van der Waals surface area contributed by atoms with Gasteiger partial charge in [0.25, 0.3) is 5.91 Å². The minimum Gasteiger partial charge on any atom is -0.376 e. The molecule has 128 valence electrons. The number of rotatable bonds is 5. The van der Waals surface area contributed by atoms with Gasteiger partial charge >= 0.3 is 0 Å². The zero-order chi connectivity index (χ0) is 17.5. The third-order valence-electron chi connectivity index (χ3n) is 4.61. The number of piperidine rings is 1. The molecule has 0 unspecified atom stereocenters. The Morgan fingerprint density at radius 3 is 2.60 bits per heavy atom. The fourth-order valence-corrected chi connectivity index (χ4v) is 3.12. The van der Waals surface area contributed by atoms with Gasteiger partial charge in [-0.2, -0.15) is 5.26 Å². The van der Waals surface area contributed by atoms with Crippen LogP contribution in [-0.4, -0.2) is 30.5 Å². The Morgan fingerprint density at radius 1 is 1.12 bits per heavy atom. The van der Waals surface area contributed by atoms with Crippen LogP contribution in [0.5, 0.6) is 0 Å². The van der Waals surface area contributed by atoms with E-state index in [1.165, 1.54) is 5.56 Å². The molecule has 0 aromatic heterocycles. The maximum absolute atomic E-state index is 12.6. The van der Waals surface area contributed by atoms with E-state index in [4.69, 9.17) is 10.00 Å². The number of nitrogens with zero attached hydrogens (tertiary/aromatic N) is 2. The van der Waals surface area contributed by atoms with Gasteiger partial charge in [0, 0.05) is 25.3 Å². The quantitative estimate of drug-likeness (QED) is 0.839. The average Bonchev–Trinajstić information content (AvgIpc) is 2.69. The molecule has 0 spiro atoms.